The first-order valence-electron chi connectivity index (χ1n) is 8.05. The number of carbonyl (C=O) groups is 1. The Morgan fingerprint density at radius 1 is 1.35 bits per heavy atom. The molecule has 0 saturated carbocycles. The van der Waals surface area contributed by atoms with Gasteiger partial charge in [0.1, 0.15) is 0 Å². The molecule has 0 aliphatic carbocycles. The van der Waals surface area contributed by atoms with Crippen molar-refractivity contribution >= 4 is 23.2 Å². The molecule has 26 heavy (non-hydrogen) atoms. The Labute approximate surface area is 153 Å². The van der Waals surface area contributed by atoms with Crippen LogP contribution in [0.2, 0.25) is 5.15 Å². The fourth-order valence-corrected chi connectivity index (χ4v) is 3.09. The molecule has 3 rings (SSSR count). The summed E-state index contributed by atoms with van der Waals surface area (Å²) in [5, 5.41) is 4.17. The van der Waals surface area contributed by atoms with Gasteiger partial charge in [-0.25, -0.2) is 23.1 Å². The van der Waals surface area contributed by atoms with Crippen LogP contribution >= 0.6 is 11.6 Å². The first kappa shape index (κ1) is 18.3. The van der Waals surface area contributed by atoms with Crippen molar-refractivity contribution < 1.29 is 18.3 Å². The number of hydrogen-bond donors (Lipinski definition) is 0. The first-order chi connectivity index (χ1) is 12.4. The van der Waals surface area contributed by atoms with E-state index in [1.807, 2.05) is 13.8 Å². The number of nitrogens with zero attached hydrogens (tertiary/aromatic N) is 3. The van der Waals surface area contributed by atoms with Gasteiger partial charge in [-0.05, 0) is 18.9 Å². The summed E-state index contributed by atoms with van der Waals surface area (Å²) in [6, 6.07) is 3.80. The van der Waals surface area contributed by atoms with E-state index in [9.17, 15) is 13.6 Å². The number of hydrogen-bond acceptors (Lipinski definition) is 4. The average molecular weight is 380 g/mol. The zero-order valence-corrected chi connectivity index (χ0v) is 15.1. The second kappa shape index (κ2) is 6.99. The van der Waals surface area contributed by atoms with E-state index in [0.29, 0.717) is 5.69 Å². The third kappa shape index (κ3) is 2.92. The van der Waals surface area contributed by atoms with Crippen LogP contribution < -0.4 is 0 Å². The molecule has 136 valence electrons. The number of esters is 1. The van der Waals surface area contributed by atoms with Crippen molar-refractivity contribution in [2.24, 2.45) is 0 Å². The Morgan fingerprint density at radius 2 is 2.08 bits per heavy atom. The van der Waals surface area contributed by atoms with Gasteiger partial charge in [0.25, 0.3) is 0 Å². The number of benzene rings is 1. The number of ether oxygens (including phenoxy) is 1. The van der Waals surface area contributed by atoms with Crippen LogP contribution in [-0.2, 0) is 4.74 Å². The normalized spacial score (nSPS) is 11.3. The minimum Gasteiger partial charge on any atom is -0.462 e. The fraction of sp³-hybridized carbons (Fsp3) is 0.278. The van der Waals surface area contributed by atoms with Gasteiger partial charge in [-0.15, -0.1) is 0 Å². The van der Waals surface area contributed by atoms with Crippen LogP contribution in [0.5, 0.6) is 0 Å². The molecule has 2 heterocycles. The summed E-state index contributed by atoms with van der Waals surface area (Å²) in [4.78, 5) is 16.4. The first-order valence-corrected chi connectivity index (χ1v) is 8.43. The summed E-state index contributed by atoms with van der Waals surface area (Å²) < 4.78 is 34.4. The molecule has 5 nitrogen and oxygen atoms in total. The molecule has 2 aromatic heterocycles. The maximum Gasteiger partial charge on any atom is 0.341 e. The third-order valence-electron chi connectivity index (χ3n) is 3.90. The van der Waals surface area contributed by atoms with Crippen LogP contribution in [0.3, 0.4) is 0 Å². The quantitative estimate of drug-likeness (QED) is 0.620. The zero-order valence-electron chi connectivity index (χ0n) is 14.4. The summed E-state index contributed by atoms with van der Waals surface area (Å²) in [5.41, 5.74) is 1.13. The fourth-order valence-electron chi connectivity index (χ4n) is 2.83. The molecule has 0 saturated heterocycles. The minimum absolute atomic E-state index is 0.0371. The Balaban J connectivity index is 2.32. The standard InChI is InChI=1S/C18H16ClF2N3O2/c1-4-26-18(25)11-8-22-17-13(10-6-5-7-12(20)14(10)21)16(19)23-24(17)15(11)9(2)3/h5-9H,4H2,1-3H3. The van der Waals surface area contributed by atoms with Crippen LogP contribution in [0, 0.1) is 11.6 Å². The highest BCUT2D eigenvalue weighted by Gasteiger charge is 2.25. The molecule has 0 N–H and O–H groups in total. The second-order valence-corrected chi connectivity index (χ2v) is 6.29. The molecule has 0 aliphatic heterocycles. The molecule has 0 spiro atoms. The van der Waals surface area contributed by atoms with E-state index in [1.54, 1.807) is 6.92 Å². The number of halogens is 3. The SMILES string of the molecule is CCOC(=O)c1cnc2c(-c3cccc(F)c3F)c(Cl)nn2c1C(C)C. The van der Waals surface area contributed by atoms with Crippen LogP contribution in [0.1, 0.15) is 42.7 Å². The van der Waals surface area contributed by atoms with Gasteiger partial charge in [-0.3, -0.25) is 0 Å². The predicted octanol–water partition coefficient (Wildman–Crippen LogP) is 4.63. The zero-order chi connectivity index (χ0) is 19.0. The summed E-state index contributed by atoms with van der Waals surface area (Å²) >= 11 is 6.22. The molecule has 0 bridgehead atoms. The lowest BCUT2D eigenvalue weighted by atomic mass is 10.0. The molecule has 1 aromatic carbocycles. The smallest absolute Gasteiger partial charge is 0.341 e. The van der Waals surface area contributed by atoms with Crippen molar-refractivity contribution in [3.63, 3.8) is 0 Å². The van der Waals surface area contributed by atoms with Gasteiger partial charge in [-0.2, -0.15) is 5.10 Å². The summed E-state index contributed by atoms with van der Waals surface area (Å²) in [6.07, 6.45) is 1.35. The highest BCUT2D eigenvalue weighted by atomic mass is 35.5. The van der Waals surface area contributed by atoms with Gasteiger partial charge in [0.05, 0.1) is 23.4 Å². The Kier molecular flexibility index (Phi) is 4.91. The van der Waals surface area contributed by atoms with Crippen molar-refractivity contribution in [2.45, 2.75) is 26.7 Å². The molecule has 3 aromatic rings. The van der Waals surface area contributed by atoms with E-state index < -0.39 is 17.6 Å². The number of aromatic nitrogens is 3. The molecule has 0 atom stereocenters. The van der Waals surface area contributed by atoms with E-state index in [2.05, 4.69) is 10.1 Å². The molecule has 0 amide bonds. The van der Waals surface area contributed by atoms with Gasteiger partial charge in [0.2, 0.25) is 0 Å². The third-order valence-corrected chi connectivity index (χ3v) is 4.17. The number of rotatable bonds is 4. The van der Waals surface area contributed by atoms with Crippen molar-refractivity contribution in [3.05, 3.63) is 52.4 Å². The highest BCUT2D eigenvalue weighted by Crippen LogP contribution is 2.35. The largest absolute Gasteiger partial charge is 0.462 e. The molecule has 0 aliphatic rings. The summed E-state index contributed by atoms with van der Waals surface area (Å²) in [7, 11) is 0. The summed E-state index contributed by atoms with van der Waals surface area (Å²) in [5.74, 6) is -2.69. The minimum atomic E-state index is -1.04. The molecule has 8 heteroatoms. The number of fused-ring (bicyclic) bond motifs is 1. The Morgan fingerprint density at radius 3 is 2.73 bits per heavy atom. The maximum absolute atomic E-state index is 14.3. The van der Waals surface area contributed by atoms with E-state index >= 15 is 0 Å². The molecule has 0 radical (unpaired) electrons. The van der Waals surface area contributed by atoms with Crippen LogP contribution in [0.4, 0.5) is 8.78 Å². The monoisotopic (exact) mass is 379 g/mol. The van der Waals surface area contributed by atoms with E-state index in [4.69, 9.17) is 16.3 Å². The topological polar surface area (TPSA) is 56.5 Å². The van der Waals surface area contributed by atoms with Gasteiger partial charge in [0, 0.05) is 11.8 Å². The van der Waals surface area contributed by atoms with Gasteiger partial charge in [0.15, 0.2) is 22.4 Å². The lowest BCUT2D eigenvalue weighted by Gasteiger charge is -2.13. The van der Waals surface area contributed by atoms with Gasteiger partial charge in [-0.1, -0.05) is 37.6 Å². The van der Waals surface area contributed by atoms with Crippen molar-refractivity contribution in [1.29, 1.82) is 0 Å². The van der Waals surface area contributed by atoms with E-state index in [1.165, 1.54) is 22.8 Å². The maximum atomic E-state index is 14.3. The number of carbonyl (C=O) groups excluding carboxylic acids is 1. The van der Waals surface area contributed by atoms with Crippen LogP contribution in [0.15, 0.2) is 24.4 Å². The Bertz CT molecular complexity index is 1000. The van der Waals surface area contributed by atoms with Crippen LogP contribution in [0.25, 0.3) is 16.8 Å². The van der Waals surface area contributed by atoms with Crippen molar-refractivity contribution in [2.75, 3.05) is 6.61 Å². The lowest BCUT2D eigenvalue weighted by molar-refractivity contribution is 0.0523. The van der Waals surface area contributed by atoms with Gasteiger partial charge < -0.3 is 4.74 Å². The lowest BCUT2D eigenvalue weighted by Crippen LogP contribution is -2.14. The summed E-state index contributed by atoms with van der Waals surface area (Å²) in [6.45, 7) is 5.66. The molecule has 0 unspecified atom stereocenters. The van der Waals surface area contributed by atoms with Crippen LogP contribution in [-0.4, -0.2) is 27.2 Å². The van der Waals surface area contributed by atoms with E-state index in [0.717, 1.165) is 6.07 Å². The molecular weight excluding hydrogens is 364 g/mol. The molecular formula is C18H16ClF2N3O2. The highest BCUT2D eigenvalue weighted by molar-refractivity contribution is 6.33. The van der Waals surface area contributed by atoms with Gasteiger partial charge >= 0.3 is 5.97 Å². The van der Waals surface area contributed by atoms with Crippen molar-refractivity contribution in [1.82, 2.24) is 14.6 Å². The average Bonchev–Trinajstić information content (AvgIpc) is 2.92. The van der Waals surface area contributed by atoms with Crippen molar-refractivity contribution in [3.8, 4) is 11.1 Å². The predicted molar refractivity (Wildman–Crippen MR) is 93.4 cm³/mol. The van der Waals surface area contributed by atoms with E-state index in [-0.39, 0.29) is 40.0 Å². The molecule has 0 fully saturated rings. The second-order valence-electron chi connectivity index (χ2n) is 5.93. The Hall–Kier alpha value is -2.54.